The molecule has 0 heterocycles. The molecule has 1 aromatic rings. The van der Waals surface area contributed by atoms with Crippen LogP contribution in [0.5, 0.6) is 0 Å². The molecule has 74 valence electrons. The monoisotopic (exact) mass is 292 g/mol. The van der Waals surface area contributed by atoms with Gasteiger partial charge in [0.05, 0.1) is 5.38 Å². The van der Waals surface area contributed by atoms with Gasteiger partial charge in [-0.15, -0.1) is 11.6 Å². The first kappa shape index (κ1) is 10.5. The minimum atomic E-state index is -1.15. The third-order valence-corrected chi connectivity index (χ3v) is 4.56. The number of hydrogen-bond acceptors (Lipinski definition) is 1. The second kappa shape index (κ2) is 3.51. The van der Waals surface area contributed by atoms with Gasteiger partial charge in [-0.1, -0.05) is 51.8 Å². The van der Waals surface area contributed by atoms with Crippen LogP contribution in [0, 0.1) is 0 Å². The van der Waals surface area contributed by atoms with Gasteiger partial charge in [0.2, 0.25) is 0 Å². The normalized spacial score (nSPS) is 31.4. The average Bonchev–Trinajstić information content (AvgIpc) is 2.15. The Morgan fingerprint density at radius 1 is 1.43 bits per heavy atom. The van der Waals surface area contributed by atoms with E-state index in [0.29, 0.717) is 12.0 Å². The maximum atomic E-state index is 11.9. The van der Waals surface area contributed by atoms with Crippen molar-refractivity contribution in [3.63, 3.8) is 0 Å². The van der Waals surface area contributed by atoms with E-state index in [1.54, 1.807) is 6.07 Å². The van der Waals surface area contributed by atoms with E-state index in [2.05, 4.69) is 15.9 Å². The number of carbonyl (C=O) groups excluding carboxylic acids is 1. The summed E-state index contributed by atoms with van der Waals surface area (Å²) >= 11 is 15.2. The number of halogens is 3. The number of Topliss-reactive ketones (excluding diaryl/α,β-unsaturated/α-hetero) is 1. The van der Waals surface area contributed by atoms with E-state index in [4.69, 9.17) is 23.2 Å². The molecule has 2 atom stereocenters. The molecule has 0 amide bonds. The van der Waals surface area contributed by atoms with E-state index < -0.39 is 9.16 Å². The molecule has 2 unspecified atom stereocenters. The van der Waals surface area contributed by atoms with Crippen LogP contribution in [0.3, 0.4) is 0 Å². The van der Waals surface area contributed by atoms with Gasteiger partial charge < -0.3 is 0 Å². The van der Waals surface area contributed by atoms with Crippen LogP contribution in [0.4, 0.5) is 0 Å². The number of fused-ring (bicyclic) bond motifs is 1. The van der Waals surface area contributed by atoms with Gasteiger partial charge in [0.1, 0.15) is 0 Å². The van der Waals surface area contributed by atoms with E-state index in [1.807, 2.05) is 18.2 Å². The summed E-state index contributed by atoms with van der Waals surface area (Å²) < 4.78 is -1.15. The summed E-state index contributed by atoms with van der Waals surface area (Å²) in [5, 5.41) is -0.411. The summed E-state index contributed by atoms with van der Waals surface area (Å²) in [6, 6.07) is 7.40. The lowest BCUT2D eigenvalue weighted by Crippen LogP contribution is -2.41. The molecule has 1 nitrogen and oxygen atoms in total. The summed E-state index contributed by atoms with van der Waals surface area (Å²) in [6.45, 7) is 0. The SMILES string of the molecule is O=C1c2ccccc2CC(Cl)C1(Cl)Br. The van der Waals surface area contributed by atoms with Gasteiger partial charge in [0.15, 0.2) is 9.57 Å². The summed E-state index contributed by atoms with van der Waals surface area (Å²) in [4.78, 5) is 11.9. The van der Waals surface area contributed by atoms with Crippen molar-refractivity contribution in [1.29, 1.82) is 0 Å². The molecule has 0 aliphatic heterocycles. The van der Waals surface area contributed by atoms with Crippen molar-refractivity contribution in [2.75, 3.05) is 0 Å². The largest absolute Gasteiger partial charge is 0.291 e. The molecule has 0 fully saturated rings. The number of ketones is 1. The standard InChI is InChI=1S/C10H7BrCl2O/c11-10(13)8(12)5-6-3-1-2-4-7(6)9(10)14/h1-4,8H,5H2. The fourth-order valence-corrected chi connectivity index (χ4v) is 2.38. The van der Waals surface area contributed by atoms with Crippen molar-refractivity contribution in [3.8, 4) is 0 Å². The Labute approximate surface area is 101 Å². The molecule has 1 aliphatic carbocycles. The van der Waals surface area contributed by atoms with E-state index in [9.17, 15) is 4.79 Å². The van der Waals surface area contributed by atoms with Crippen LogP contribution in [0.15, 0.2) is 24.3 Å². The van der Waals surface area contributed by atoms with Crippen LogP contribution < -0.4 is 0 Å². The first-order valence-electron chi connectivity index (χ1n) is 4.18. The number of benzene rings is 1. The molecule has 0 bridgehead atoms. The summed E-state index contributed by atoms with van der Waals surface area (Å²) in [5.74, 6) is -0.152. The molecule has 0 spiro atoms. The van der Waals surface area contributed by atoms with E-state index >= 15 is 0 Å². The van der Waals surface area contributed by atoms with Crippen LogP contribution in [0.1, 0.15) is 15.9 Å². The van der Waals surface area contributed by atoms with Crippen LogP contribution in [-0.2, 0) is 6.42 Å². The summed E-state index contributed by atoms with van der Waals surface area (Å²) in [7, 11) is 0. The first-order valence-corrected chi connectivity index (χ1v) is 5.79. The lowest BCUT2D eigenvalue weighted by Gasteiger charge is -2.30. The second-order valence-corrected chi connectivity index (χ2v) is 6.11. The highest BCUT2D eigenvalue weighted by molar-refractivity contribution is 9.10. The van der Waals surface area contributed by atoms with Gasteiger partial charge in [-0.2, -0.15) is 0 Å². The van der Waals surface area contributed by atoms with E-state index in [0.717, 1.165) is 5.56 Å². The molecular formula is C10H7BrCl2O. The predicted octanol–water partition coefficient (Wildman–Crippen LogP) is 3.36. The highest BCUT2D eigenvalue weighted by Gasteiger charge is 2.45. The van der Waals surface area contributed by atoms with Crippen LogP contribution in [0.2, 0.25) is 0 Å². The van der Waals surface area contributed by atoms with Crippen molar-refractivity contribution < 1.29 is 4.79 Å². The number of alkyl halides is 3. The van der Waals surface area contributed by atoms with Gasteiger partial charge >= 0.3 is 0 Å². The van der Waals surface area contributed by atoms with E-state index in [1.165, 1.54) is 0 Å². The molecule has 0 aromatic heterocycles. The number of hydrogen-bond donors (Lipinski definition) is 0. The Hall–Kier alpha value is -0.0500. The molecule has 2 rings (SSSR count). The van der Waals surface area contributed by atoms with Crippen LogP contribution in [-0.4, -0.2) is 14.9 Å². The minimum absolute atomic E-state index is 0.152. The Balaban J connectivity index is 2.55. The Kier molecular flexibility index (Phi) is 2.63. The highest BCUT2D eigenvalue weighted by Crippen LogP contribution is 2.41. The molecule has 0 N–H and O–H groups in total. The number of rotatable bonds is 0. The van der Waals surface area contributed by atoms with E-state index in [-0.39, 0.29) is 5.78 Å². The third kappa shape index (κ3) is 1.50. The highest BCUT2D eigenvalue weighted by atomic mass is 79.9. The smallest absolute Gasteiger partial charge is 0.196 e. The maximum absolute atomic E-state index is 11.9. The zero-order valence-electron chi connectivity index (χ0n) is 7.14. The lowest BCUT2D eigenvalue weighted by molar-refractivity contribution is 0.0968. The molecular weight excluding hydrogens is 287 g/mol. The van der Waals surface area contributed by atoms with Crippen molar-refractivity contribution in [1.82, 2.24) is 0 Å². The Morgan fingerprint density at radius 3 is 2.79 bits per heavy atom. The molecule has 14 heavy (non-hydrogen) atoms. The summed E-state index contributed by atoms with van der Waals surface area (Å²) in [6.07, 6.45) is 0.609. The van der Waals surface area contributed by atoms with Crippen molar-refractivity contribution in [2.24, 2.45) is 0 Å². The van der Waals surface area contributed by atoms with Crippen molar-refractivity contribution in [2.45, 2.75) is 15.6 Å². The molecule has 0 saturated heterocycles. The Morgan fingerprint density at radius 2 is 2.07 bits per heavy atom. The second-order valence-electron chi connectivity index (χ2n) is 3.28. The van der Waals surface area contributed by atoms with Crippen molar-refractivity contribution in [3.05, 3.63) is 35.4 Å². The molecule has 4 heteroatoms. The quantitative estimate of drug-likeness (QED) is 0.671. The number of carbonyl (C=O) groups is 1. The van der Waals surface area contributed by atoms with Gasteiger partial charge in [-0.3, -0.25) is 4.79 Å². The zero-order chi connectivity index (χ0) is 10.3. The molecule has 1 aliphatic rings. The molecule has 0 radical (unpaired) electrons. The maximum Gasteiger partial charge on any atom is 0.196 e. The van der Waals surface area contributed by atoms with Gasteiger partial charge in [0, 0.05) is 5.56 Å². The average molecular weight is 294 g/mol. The Bertz CT molecular complexity index is 389. The predicted molar refractivity (Wildman–Crippen MR) is 61.6 cm³/mol. The zero-order valence-corrected chi connectivity index (χ0v) is 10.2. The fourth-order valence-electron chi connectivity index (χ4n) is 1.56. The van der Waals surface area contributed by atoms with Crippen LogP contribution in [0.25, 0.3) is 0 Å². The lowest BCUT2D eigenvalue weighted by atomic mass is 9.90. The van der Waals surface area contributed by atoms with Crippen molar-refractivity contribution >= 4 is 44.9 Å². The van der Waals surface area contributed by atoms with Crippen LogP contribution >= 0.6 is 39.1 Å². The molecule has 1 aromatic carbocycles. The van der Waals surface area contributed by atoms with Gasteiger partial charge in [-0.05, 0) is 12.0 Å². The minimum Gasteiger partial charge on any atom is -0.291 e. The first-order chi connectivity index (χ1) is 6.53. The molecule has 0 saturated carbocycles. The topological polar surface area (TPSA) is 17.1 Å². The van der Waals surface area contributed by atoms with Gasteiger partial charge in [-0.25, -0.2) is 0 Å². The fraction of sp³-hybridized carbons (Fsp3) is 0.300. The third-order valence-electron chi connectivity index (χ3n) is 2.36. The summed E-state index contributed by atoms with van der Waals surface area (Å²) in [5.41, 5.74) is 1.63. The van der Waals surface area contributed by atoms with Gasteiger partial charge in [0.25, 0.3) is 0 Å².